The number of aliphatic hydroxyl groups is 4. The van der Waals surface area contributed by atoms with Gasteiger partial charge in [0.15, 0.2) is 11.5 Å². The Balaban J connectivity index is 1.32. The molecule has 11 nitrogen and oxygen atoms in total. The first-order valence-corrected chi connectivity index (χ1v) is 12.5. The molecule has 0 bridgehead atoms. The third-order valence-corrected chi connectivity index (χ3v) is 7.61. The zero-order chi connectivity index (χ0) is 27.0. The second-order valence-electron chi connectivity index (χ2n) is 9.67. The van der Waals surface area contributed by atoms with E-state index in [4.69, 9.17) is 33.2 Å². The van der Waals surface area contributed by atoms with Crippen LogP contribution in [0.5, 0.6) is 23.0 Å². The van der Waals surface area contributed by atoms with Crippen LogP contribution in [-0.4, -0.2) is 92.3 Å². The van der Waals surface area contributed by atoms with Crippen LogP contribution in [0.4, 0.5) is 0 Å². The number of methoxy groups -OCH3 is 3. The molecule has 9 atom stereocenters. The summed E-state index contributed by atoms with van der Waals surface area (Å²) in [4.78, 5) is 0. The van der Waals surface area contributed by atoms with Crippen molar-refractivity contribution in [2.24, 2.45) is 11.8 Å². The molecule has 5 rings (SSSR count). The quantitative estimate of drug-likeness (QED) is 0.384. The molecule has 3 fully saturated rings. The number of rotatable bonds is 8. The Morgan fingerprint density at radius 3 is 2.13 bits per heavy atom. The lowest BCUT2D eigenvalue weighted by atomic mass is 9.84. The predicted octanol–water partition coefficient (Wildman–Crippen LogP) is 0.966. The number of ether oxygens (including phenoxy) is 7. The first-order valence-electron chi connectivity index (χ1n) is 12.5. The molecule has 3 heterocycles. The van der Waals surface area contributed by atoms with E-state index < -0.39 is 37.3 Å². The summed E-state index contributed by atoms with van der Waals surface area (Å²) in [7, 11) is 4.75. The fraction of sp³-hybridized carbons (Fsp3) is 0.556. The Labute approximate surface area is 220 Å². The summed E-state index contributed by atoms with van der Waals surface area (Å²) in [5, 5.41) is 39.7. The second-order valence-corrected chi connectivity index (χ2v) is 9.67. The van der Waals surface area contributed by atoms with Crippen molar-refractivity contribution in [3.63, 3.8) is 0 Å². The fourth-order valence-electron chi connectivity index (χ4n) is 5.54. The van der Waals surface area contributed by atoms with E-state index in [2.05, 4.69) is 0 Å². The van der Waals surface area contributed by atoms with E-state index in [0.29, 0.717) is 36.2 Å². The van der Waals surface area contributed by atoms with Gasteiger partial charge in [0.1, 0.15) is 35.9 Å². The Morgan fingerprint density at radius 2 is 1.45 bits per heavy atom. The van der Waals surface area contributed by atoms with Gasteiger partial charge in [-0.15, -0.1) is 0 Å². The minimum atomic E-state index is -1.53. The smallest absolute Gasteiger partial charge is 0.229 e. The van der Waals surface area contributed by atoms with E-state index in [1.807, 2.05) is 24.3 Å². The molecule has 0 unspecified atom stereocenters. The molecular formula is C27H34O11. The Hall–Kier alpha value is -2.64. The summed E-state index contributed by atoms with van der Waals surface area (Å²) >= 11 is 0. The van der Waals surface area contributed by atoms with E-state index in [1.54, 1.807) is 33.5 Å². The van der Waals surface area contributed by atoms with Gasteiger partial charge in [-0.3, -0.25) is 0 Å². The van der Waals surface area contributed by atoms with Crippen LogP contribution in [0.3, 0.4) is 0 Å². The molecule has 4 N–H and O–H groups in total. The second kappa shape index (κ2) is 11.2. The molecule has 0 spiro atoms. The molecule has 0 amide bonds. The molecule has 0 saturated carbocycles. The molecule has 38 heavy (non-hydrogen) atoms. The minimum absolute atomic E-state index is 0.0965. The van der Waals surface area contributed by atoms with Crippen LogP contribution < -0.4 is 18.9 Å². The Bertz CT molecular complexity index is 1110. The zero-order valence-electron chi connectivity index (χ0n) is 21.4. The fourth-order valence-corrected chi connectivity index (χ4v) is 5.54. The van der Waals surface area contributed by atoms with E-state index in [1.165, 1.54) is 0 Å². The van der Waals surface area contributed by atoms with E-state index in [-0.39, 0.29) is 24.0 Å². The molecule has 2 aromatic carbocycles. The van der Waals surface area contributed by atoms with Crippen molar-refractivity contribution in [3.05, 3.63) is 47.5 Å². The van der Waals surface area contributed by atoms with Crippen LogP contribution >= 0.6 is 0 Å². The van der Waals surface area contributed by atoms with Gasteiger partial charge in [0.25, 0.3) is 0 Å². The van der Waals surface area contributed by atoms with Gasteiger partial charge >= 0.3 is 0 Å². The highest BCUT2D eigenvalue weighted by Gasteiger charge is 2.49. The average Bonchev–Trinajstić information content (AvgIpc) is 3.55. The summed E-state index contributed by atoms with van der Waals surface area (Å²) < 4.78 is 40.2. The van der Waals surface area contributed by atoms with Crippen LogP contribution in [0, 0.1) is 11.8 Å². The molecule has 0 aromatic heterocycles. The number of aliphatic hydroxyl groups excluding tert-OH is 4. The highest BCUT2D eigenvalue weighted by atomic mass is 16.7. The lowest BCUT2D eigenvalue weighted by Crippen LogP contribution is -2.60. The summed E-state index contributed by atoms with van der Waals surface area (Å²) in [5.74, 6) is 2.36. The monoisotopic (exact) mass is 534 g/mol. The van der Waals surface area contributed by atoms with Crippen LogP contribution in [-0.2, 0) is 14.2 Å². The summed E-state index contributed by atoms with van der Waals surface area (Å²) in [6, 6.07) is 11.0. The van der Waals surface area contributed by atoms with Gasteiger partial charge in [-0.25, -0.2) is 0 Å². The molecule has 3 aliphatic heterocycles. The average molecular weight is 535 g/mol. The summed E-state index contributed by atoms with van der Waals surface area (Å²) in [6.45, 7) is 0.488. The molecule has 11 heteroatoms. The van der Waals surface area contributed by atoms with E-state index in [9.17, 15) is 20.4 Å². The van der Waals surface area contributed by atoms with Crippen molar-refractivity contribution in [3.8, 4) is 23.0 Å². The molecule has 208 valence electrons. The van der Waals surface area contributed by atoms with Crippen molar-refractivity contribution in [2.45, 2.75) is 42.9 Å². The standard InChI is InChI=1S/C27H34O11/c1-32-18-7-4-13(8-20(18)34-3)25-16-11-36-26(17(16)12-35-25)15-6-5-14(9-19(15)33-2)37-27-24(31)23(30)22(29)21(10-28)38-27/h4-9,16-17,21-31H,10-12H2,1-3H3/t16-,17-,21+,22+,23-,24+,25-,26+,27-/m1/s1. The van der Waals surface area contributed by atoms with Crippen molar-refractivity contribution < 1.29 is 53.6 Å². The molecule has 2 aromatic rings. The topological polar surface area (TPSA) is 146 Å². The number of hydrogen-bond acceptors (Lipinski definition) is 11. The Kier molecular flexibility index (Phi) is 7.96. The van der Waals surface area contributed by atoms with Crippen molar-refractivity contribution in [1.29, 1.82) is 0 Å². The Morgan fingerprint density at radius 1 is 0.763 bits per heavy atom. The lowest BCUT2D eigenvalue weighted by Gasteiger charge is -2.39. The zero-order valence-corrected chi connectivity index (χ0v) is 21.4. The van der Waals surface area contributed by atoms with Gasteiger partial charge in [0.2, 0.25) is 6.29 Å². The third-order valence-electron chi connectivity index (χ3n) is 7.61. The van der Waals surface area contributed by atoms with Crippen molar-refractivity contribution in [2.75, 3.05) is 41.2 Å². The first-order chi connectivity index (χ1) is 18.4. The SMILES string of the molecule is COc1ccc([C@H]2OC[C@@H]3[C@H]2CO[C@H]3c2ccc(O[C@@H]3O[C@@H](CO)[C@H](O)[C@@H](O)[C@@H]3O)cc2OC)cc1OC. The van der Waals surface area contributed by atoms with Crippen LogP contribution in [0.1, 0.15) is 23.3 Å². The summed E-state index contributed by atoms with van der Waals surface area (Å²) in [6.07, 6.45) is -7.27. The molecular weight excluding hydrogens is 500 g/mol. The summed E-state index contributed by atoms with van der Waals surface area (Å²) in [5.41, 5.74) is 1.83. The molecule has 3 aliphatic rings. The maximum absolute atomic E-state index is 10.3. The van der Waals surface area contributed by atoms with Gasteiger partial charge < -0.3 is 53.6 Å². The predicted molar refractivity (Wildman–Crippen MR) is 131 cm³/mol. The lowest BCUT2D eigenvalue weighted by molar-refractivity contribution is -0.277. The molecule has 3 saturated heterocycles. The number of hydrogen-bond donors (Lipinski definition) is 4. The first kappa shape index (κ1) is 26.9. The van der Waals surface area contributed by atoms with Crippen molar-refractivity contribution in [1.82, 2.24) is 0 Å². The normalized spacial score (nSPS) is 34.6. The van der Waals surface area contributed by atoms with Gasteiger partial charge in [-0.2, -0.15) is 0 Å². The highest BCUT2D eigenvalue weighted by molar-refractivity contribution is 5.45. The third kappa shape index (κ3) is 4.79. The van der Waals surface area contributed by atoms with E-state index in [0.717, 1.165) is 11.1 Å². The van der Waals surface area contributed by atoms with Gasteiger partial charge in [-0.05, 0) is 29.8 Å². The van der Waals surface area contributed by atoms with Crippen LogP contribution in [0.15, 0.2) is 36.4 Å². The van der Waals surface area contributed by atoms with Crippen LogP contribution in [0.25, 0.3) is 0 Å². The van der Waals surface area contributed by atoms with Crippen LogP contribution in [0.2, 0.25) is 0 Å². The minimum Gasteiger partial charge on any atom is -0.496 e. The highest BCUT2D eigenvalue weighted by Crippen LogP contribution is 2.52. The van der Waals surface area contributed by atoms with Gasteiger partial charge in [-0.1, -0.05) is 6.07 Å². The maximum atomic E-state index is 10.3. The van der Waals surface area contributed by atoms with E-state index >= 15 is 0 Å². The largest absolute Gasteiger partial charge is 0.496 e. The van der Waals surface area contributed by atoms with Crippen molar-refractivity contribution >= 4 is 0 Å². The number of fused-ring (bicyclic) bond motifs is 1. The van der Waals surface area contributed by atoms with Gasteiger partial charge in [0, 0.05) is 23.5 Å². The number of benzene rings is 2. The van der Waals surface area contributed by atoms with Gasteiger partial charge in [0.05, 0.1) is 53.4 Å². The molecule has 0 radical (unpaired) electrons. The molecule has 0 aliphatic carbocycles. The maximum Gasteiger partial charge on any atom is 0.229 e.